The van der Waals surface area contributed by atoms with Crippen LogP contribution >= 0.6 is 11.3 Å². The molecule has 3 rings (SSSR count). The van der Waals surface area contributed by atoms with Crippen molar-refractivity contribution in [1.82, 2.24) is 20.1 Å². The number of urea groups is 1. The number of aromatic nitrogens is 1. The van der Waals surface area contributed by atoms with Crippen LogP contribution in [0.1, 0.15) is 23.4 Å². The summed E-state index contributed by atoms with van der Waals surface area (Å²) in [5, 5.41) is 3.04. The summed E-state index contributed by atoms with van der Waals surface area (Å²) in [5.41, 5.74) is 2.84. The second-order valence-electron chi connectivity index (χ2n) is 6.39. The monoisotopic (exact) mass is 338 g/mol. The molecule has 0 radical (unpaired) electrons. The van der Waals surface area contributed by atoms with E-state index < -0.39 is 0 Å². The lowest BCUT2D eigenvalue weighted by Gasteiger charge is -2.36. The molecule has 0 aliphatic carbocycles. The molecule has 1 N–H and O–H groups in total. The molecule has 0 aromatic carbocycles. The first kappa shape index (κ1) is 16.7. The molecule has 128 valence electrons. The number of carbonyl (C=O) groups is 1. The lowest BCUT2D eigenvalue weighted by Crippen LogP contribution is -2.48. The molecule has 2 aliphatic rings. The zero-order valence-corrected chi connectivity index (χ0v) is 14.6. The van der Waals surface area contributed by atoms with Crippen LogP contribution in [0.2, 0.25) is 0 Å². The van der Waals surface area contributed by atoms with E-state index in [2.05, 4.69) is 15.2 Å². The maximum Gasteiger partial charge on any atom is 0.317 e. The van der Waals surface area contributed by atoms with E-state index in [4.69, 9.17) is 4.74 Å². The highest BCUT2D eigenvalue weighted by Gasteiger charge is 2.25. The average molecular weight is 338 g/mol. The van der Waals surface area contributed by atoms with Gasteiger partial charge in [0.05, 0.1) is 31.0 Å². The second-order valence-corrected chi connectivity index (χ2v) is 7.33. The van der Waals surface area contributed by atoms with Gasteiger partial charge in [0.25, 0.3) is 0 Å². The minimum Gasteiger partial charge on any atom is -0.379 e. The number of rotatable bonds is 4. The summed E-state index contributed by atoms with van der Waals surface area (Å²) in [7, 11) is 0. The van der Waals surface area contributed by atoms with Gasteiger partial charge >= 0.3 is 6.03 Å². The van der Waals surface area contributed by atoms with Crippen molar-refractivity contribution >= 4 is 17.4 Å². The van der Waals surface area contributed by atoms with Crippen LogP contribution in [0.3, 0.4) is 0 Å². The fraction of sp³-hybridized carbons (Fsp3) is 0.750. The topological polar surface area (TPSA) is 57.7 Å². The van der Waals surface area contributed by atoms with E-state index in [0.29, 0.717) is 12.5 Å². The Labute approximate surface area is 141 Å². The van der Waals surface area contributed by atoms with Crippen molar-refractivity contribution in [3.05, 3.63) is 16.1 Å². The van der Waals surface area contributed by atoms with Crippen LogP contribution in [0.5, 0.6) is 0 Å². The first-order valence-electron chi connectivity index (χ1n) is 8.44. The Balaban J connectivity index is 1.45. The van der Waals surface area contributed by atoms with Gasteiger partial charge in [0.2, 0.25) is 0 Å². The Hall–Kier alpha value is -1.18. The first-order chi connectivity index (χ1) is 11.2. The van der Waals surface area contributed by atoms with E-state index in [1.54, 1.807) is 11.3 Å². The van der Waals surface area contributed by atoms with E-state index in [1.807, 2.05) is 17.3 Å². The quantitative estimate of drug-likeness (QED) is 0.908. The van der Waals surface area contributed by atoms with Crippen LogP contribution in [0.4, 0.5) is 4.79 Å². The number of aryl methyl sites for hydroxylation is 1. The normalized spacial score (nSPS) is 23.0. The molecule has 2 saturated heterocycles. The molecule has 1 aromatic heterocycles. The van der Waals surface area contributed by atoms with Crippen molar-refractivity contribution in [2.75, 3.05) is 45.9 Å². The largest absolute Gasteiger partial charge is 0.379 e. The van der Waals surface area contributed by atoms with Gasteiger partial charge in [-0.15, -0.1) is 11.3 Å². The zero-order valence-electron chi connectivity index (χ0n) is 13.8. The van der Waals surface area contributed by atoms with Gasteiger partial charge in [-0.25, -0.2) is 9.78 Å². The third kappa shape index (κ3) is 4.65. The molecular formula is C16H26N4O2S. The zero-order chi connectivity index (χ0) is 16.1. The van der Waals surface area contributed by atoms with Gasteiger partial charge in [0.15, 0.2) is 0 Å². The molecule has 0 saturated carbocycles. The molecule has 2 fully saturated rings. The predicted octanol–water partition coefficient (Wildman–Crippen LogP) is 1.71. The smallest absolute Gasteiger partial charge is 0.317 e. The fourth-order valence-electron chi connectivity index (χ4n) is 3.31. The highest BCUT2D eigenvalue weighted by molar-refractivity contribution is 7.09. The van der Waals surface area contributed by atoms with E-state index >= 15 is 0 Å². The van der Waals surface area contributed by atoms with Crippen molar-refractivity contribution in [1.29, 1.82) is 0 Å². The number of amides is 2. The summed E-state index contributed by atoms with van der Waals surface area (Å²) < 4.78 is 5.40. The average Bonchev–Trinajstić information content (AvgIpc) is 2.99. The van der Waals surface area contributed by atoms with Crippen LogP contribution in [-0.2, 0) is 11.3 Å². The Kier molecular flexibility index (Phi) is 5.85. The van der Waals surface area contributed by atoms with Gasteiger partial charge in [0.1, 0.15) is 0 Å². The summed E-state index contributed by atoms with van der Waals surface area (Å²) in [4.78, 5) is 22.2. The van der Waals surface area contributed by atoms with Crippen LogP contribution < -0.4 is 5.32 Å². The Morgan fingerprint density at radius 3 is 3.00 bits per heavy atom. The summed E-state index contributed by atoms with van der Waals surface area (Å²) in [6.07, 6.45) is 2.32. The van der Waals surface area contributed by atoms with Crippen molar-refractivity contribution in [3.8, 4) is 0 Å². The molecule has 1 aromatic rings. The highest BCUT2D eigenvalue weighted by Crippen LogP contribution is 2.19. The lowest BCUT2D eigenvalue weighted by atomic mass is 9.97. The van der Waals surface area contributed by atoms with Crippen LogP contribution in [0, 0.1) is 12.8 Å². The molecule has 1 atom stereocenters. The number of morpholine rings is 1. The van der Waals surface area contributed by atoms with Gasteiger partial charge in [-0.05, 0) is 25.7 Å². The molecule has 6 nitrogen and oxygen atoms in total. The van der Waals surface area contributed by atoms with Gasteiger partial charge in [-0.2, -0.15) is 0 Å². The number of hydrogen-bond donors (Lipinski definition) is 1. The first-order valence-corrected chi connectivity index (χ1v) is 9.32. The van der Waals surface area contributed by atoms with Crippen molar-refractivity contribution in [3.63, 3.8) is 0 Å². The van der Waals surface area contributed by atoms with E-state index in [9.17, 15) is 4.79 Å². The molecule has 0 bridgehead atoms. The maximum atomic E-state index is 12.4. The van der Waals surface area contributed by atoms with E-state index in [0.717, 1.165) is 62.9 Å². The number of carbonyl (C=O) groups excluding carboxylic acids is 1. The fourth-order valence-corrected chi connectivity index (χ4v) is 4.03. The standard InChI is InChI=1S/C16H26N4O2S/c1-13-15(23-12-18-13)9-17-16(21)20-4-2-3-14(11-20)10-19-5-7-22-8-6-19/h12,14H,2-11H2,1H3,(H,17,21). The van der Waals surface area contributed by atoms with Crippen molar-refractivity contribution < 1.29 is 9.53 Å². The summed E-state index contributed by atoms with van der Waals surface area (Å²) in [6.45, 7) is 9.10. The number of nitrogens with one attached hydrogen (secondary N) is 1. The Morgan fingerprint density at radius 2 is 2.26 bits per heavy atom. The van der Waals surface area contributed by atoms with Crippen LogP contribution in [0.15, 0.2) is 5.51 Å². The minimum atomic E-state index is 0.0597. The minimum absolute atomic E-state index is 0.0597. The SMILES string of the molecule is Cc1ncsc1CNC(=O)N1CCCC(CN2CCOCC2)C1. The summed E-state index contributed by atoms with van der Waals surface area (Å²) in [6, 6.07) is 0.0597. The van der Waals surface area contributed by atoms with Gasteiger partial charge in [-0.1, -0.05) is 0 Å². The predicted molar refractivity (Wildman–Crippen MR) is 90.6 cm³/mol. The molecule has 3 heterocycles. The maximum absolute atomic E-state index is 12.4. The van der Waals surface area contributed by atoms with Gasteiger partial charge in [0, 0.05) is 37.6 Å². The molecule has 23 heavy (non-hydrogen) atoms. The number of hydrogen-bond acceptors (Lipinski definition) is 5. The second kappa shape index (κ2) is 8.08. The summed E-state index contributed by atoms with van der Waals surface area (Å²) >= 11 is 1.60. The number of ether oxygens (including phenoxy) is 1. The summed E-state index contributed by atoms with van der Waals surface area (Å²) in [5.74, 6) is 0.581. The van der Waals surface area contributed by atoms with E-state index in [1.165, 1.54) is 6.42 Å². The van der Waals surface area contributed by atoms with Crippen LogP contribution in [0.25, 0.3) is 0 Å². The number of thiazole rings is 1. The molecule has 2 amide bonds. The molecular weight excluding hydrogens is 312 g/mol. The van der Waals surface area contributed by atoms with Gasteiger partial charge in [-0.3, -0.25) is 4.90 Å². The van der Waals surface area contributed by atoms with Crippen LogP contribution in [-0.4, -0.2) is 66.8 Å². The van der Waals surface area contributed by atoms with Crippen molar-refractivity contribution in [2.45, 2.75) is 26.3 Å². The third-order valence-electron chi connectivity index (χ3n) is 4.67. The van der Waals surface area contributed by atoms with Crippen molar-refractivity contribution in [2.24, 2.45) is 5.92 Å². The number of piperidine rings is 1. The third-order valence-corrected chi connectivity index (χ3v) is 5.61. The highest BCUT2D eigenvalue weighted by atomic mass is 32.1. The molecule has 7 heteroatoms. The Morgan fingerprint density at radius 1 is 1.43 bits per heavy atom. The molecule has 2 aliphatic heterocycles. The van der Waals surface area contributed by atoms with Gasteiger partial charge < -0.3 is 15.0 Å². The van der Waals surface area contributed by atoms with E-state index in [-0.39, 0.29) is 6.03 Å². The number of nitrogens with zero attached hydrogens (tertiary/aromatic N) is 3. The number of likely N-dealkylation sites (tertiary alicyclic amines) is 1. The molecule has 1 unspecified atom stereocenters. The lowest BCUT2D eigenvalue weighted by molar-refractivity contribution is 0.0249. The molecule has 0 spiro atoms. The Bertz CT molecular complexity index is 516.